The Hall–Kier alpha value is -2.22. The molecule has 0 bridgehead atoms. The molecule has 1 aromatic rings. The molecule has 0 aliphatic heterocycles. The predicted molar refractivity (Wildman–Crippen MR) is 131 cm³/mol. The van der Waals surface area contributed by atoms with Crippen LogP contribution in [0.15, 0.2) is 30.3 Å². The molecule has 2 atom stereocenters. The molecule has 7 nitrogen and oxygen atoms in total. The zero-order valence-corrected chi connectivity index (χ0v) is 20.8. The van der Waals surface area contributed by atoms with Crippen LogP contribution in [0, 0.1) is 0 Å². The van der Waals surface area contributed by atoms with Gasteiger partial charge in [0.1, 0.15) is 17.7 Å². The Kier molecular flexibility index (Phi) is 8.68. The Morgan fingerprint density at radius 3 is 2.24 bits per heavy atom. The highest BCUT2D eigenvalue weighted by molar-refractivity contribution is 7.80. The molecular formula is C25H37N3O4S. The van der Waals surface area contributed by atoms with Crippen LogP contribution in [0.3, 0.4) is 0 Å². The van der Waals surface area contributed by atoms with E-state index in [1.807, 2.05) is 30.3 Å². The minimum absolute atomic E-state index is 0.0392. The average molecular weight is 476 g/mol. The topological polar surface area (TPSA) is 87.7 Å². The van der Waals surface area contributed by atoms with E-state index in [0.29, 0.717) is 0 Å². The molecule has 0 aromatic heterocycles. The Bertz CT molecular complexity index is 817. The van der Waals surface area contributed by atoms with Crippen molar-refractivity contribution in [3.63, 3.8) is 0 Å². The van der Waals surface area contributed by atoms with E-state index in [-0.39, 0.29) is 29.7 Å². The summed E-state index contributed by atoms with van der Waals surface area (Å²) < 4.78 is 5.34. The van der Waals surface area contributed by atoms with E-state index in [1.54, 1.807) is 25.7 Å². The van der Waals surface area contributed by atoms with Crippen LogP contribution in [0.4, 0.5) is 4.79 Å². The number of thiol groups is 1. The third-order valence-corrected chi connectivity index (χ3v) is 6.32. The first-order chi connectivity index (χ1) is 15.7. The summed E-state index contributed by atoms with van der Waals surface area (Å²) >= 11 is 4.32. The van der Waals surface area contributed by atoms with Crippen molar-refractivity contribution in [3.8, 4) is 0 Å². The number of nitrogens with zero attached hydrogens (tertiary/aromatic N) is 1. The molecule has 8 heteroatoms. The highest BCUT2D eigenvalue weighted by atomic mass is 32.1. The van der Waals surface area contributed by atoms with Crippen LogP contribution in [-0.2, 0) is 14.3 Å². The second-order valence-corrected chi connectivity index (χ2v) is 10.4. The summed E-state index contributed by atoms with van der Waals surface area (Å²) in [5, 5.41) is 5.85. The van der Waals surface area contributed by atoms with Gasteiger partial charge in [-0.1, -0.05) is 49.6 Å². The van der Waals surface area contributed by atoms with E-state index in [4.69, 9.17) is 4.74 Å². The average Bonchev–Trinajstić information content (AvgIpc) is 3.60. The van der Waals surface area contributed by atoms with Gasteiger partial charge in [-0.2, -0.15) is 12.6 Å². The molecule has 3 amide bonds. The quantitative estimate of drug-likeness (QED) is 0.496. The SMILES string of the molecule is CC(C)(C)OC(=O)NC(CS)C(=O)N(C1CC1)C(C(=O)NC1CCCCC1)c1ccccc1. The van der Waals surface area contributed by atoms with Crippen molar-refractivity contribution < 1.29 is 19.1 Å². The second kappa shape index (κ2) is 11.3. The fourth-order valence-electron chi connectivity index (χ4n) is 4.29. The number of nitrogens with one attached hydrogen (secondary N) is 2. The number of benzene rings is 1. The molecule has 2 unspecified atom stereocenters. The van der Waals surface area contributed by atoms with Gasteiger partial charge in [0.05, 0.1) is 0 Å². The van der Waals surface area contributed by atoms with Crippen molar-refractivity contribution in [1.29, 1.82) is 0 Å². The summed E-state index contributed by atoms with van der Waals surface area (Å²) in [6.07, 6.45) is 6.32. The normalized spacial score (nSPS) is 18.7. The van der Waals surface area contributed by atoms with Gasteiger partial charge >= 0.3 is 6.09 Å². The molecule has 3 rings (SSSR count). The highest BCUT2D eigenvalue weighted by Crippen LogP contribution is 2.36. The van der Waals surface area contributed by atoms with Crippen LogP contribution in [-0.4, -0.2) is 52.3 Å². The summed E-state index contributed by atoms with van der Waals surface area (Å²) in [6.45, 7) is 5.30. The Labute approximate surface area is 202 Å². The number of hydrogen-bond acceptors (Lipinski definition) is 5. The number of ether oxygens (including phenoxy) is 1. The number of carbonyl (C=O) groups is 3. The molecule has 2 aliphatic rings. The largest absolute Gasteiger partial charge is 0.444 e. The van der Waals surface area contributed by atoms with Gasteiger partial charge in [0.25, 0.3) is 0 Å². The van der Waals surface area contributed by atoms with Gasteiger partial charge in [-0.15, -0.1) is 0 Å². The fraction of sp³-hybridized carbons (Fsp3) is 0.640. The number of alkyl carbamates (subject to hydrolysis) is 1. The molecule has 0 spiro atoms. The van der Waals surface area contributed by atoms with E-state index in [1.165, 1.54) is 6.42 Å². The van der Waals surface area contributed by atoms with Gasteiger partial charge in [-0.05, 0) is 52.0 Å². The Morgan fingerprint density at radius 2 is 1.70 bits per heavy atom. The minimum atomic E-state index is -0.891. The smallest absolute Gasteiger partial charge is 0.408 e. The van der Waals surface area contributed by atoms with Crippen molar-refractivity contribution in [1.82, 2.24) is 15.5 Å². The van der Waals surface area contributed by atoms with E-state index >= 15 is 0 Å². The highest BCUT2D eigenvalue weighted by Gasteiger charge is 2.44. The summed E-state index contributed by atoms with van der Waals surface area (Å²) in [7, 11) is 0. The van der Waals surface area contributed by atoms with Crippen LogP contribution in [0.5, 0.6) is 0 Å². The maximum atomic E-state index is 13.7. The van der Waals surface area contributed by atoms with Crippen LogP contribution >= 0.6 is 12.6 Å². The first-order valence-corrected chi connectivity index (χ1v) is 12.6. The molecule has 2 saturated carbocycles. The predicted octanol–water partition coefficient (Wildman–Crippen LogP) is 3.99. The van der Waals surface area contributed by atoms with E-state index in [0.717, 1.165) is 44.1 Å². The fourth-order valence-corrected chi connectivity index (χ4v) is 4.53. The molecule has 2 aliphatic carbocycles. The third-order valence-electron chi connectivity index (χ3n) is 5.96. The zero-order chi connectivity index (χ0) is 24.0. The van der Waals surface area contributed by atoms with Gasteiger partial charge in [-0.25, -0.2) is 4.79 Å². The third kappa shape index (κ3) is 7.39. The van der Waals surface area contributed by atoms with Crippen LogP contribution in [0.2, 0.25) is 0 Å². The van der Waals surface area contributed by atoms with E-state index in [2.05, 4.69) is 23.3 Å². The Balaban J connectivity index is 1.84. The molecule has 2 fully saturated rings. The standard InChI is InChI=1S/C25H37N3O4S/c1-25(2,3)32-24(31)27-20(16-33)23(30)28(19-14-15-19)21(17-10-6-4-7-11-17)22(29)26-18-12-8-5-9-13-18/h4,6-7,10-11,18-21,33H,5,8-9,12-16H2,1-3H3,(H,26,29)(H,27,31). The molecule has 0 heterocycles. The maximum absolute atomic E-state index is 13.7. The lowest BCUT2D eigenvalue weighted by Crippen LogP contribution is -2.55. The van der Waals surface area contributed by atoms with Crippen molar-refractivity contribution in [3.05, 3.63) is 35.9 Å². The number of hydrogen-bond donors (Lipinski definition) is 3. The monoisotopic (exact) mass is 475 g/mol. The minimum Gasteiger partial charge on any atom is -0.444 e. The molecule has 0 radical (unpaired) electrons. The molecule has 182 valence electrons. The van der Waals surface area contributed by atoms with Crippen LogP contribution in [0.1, 0.15) is 77.3 Å². The molecule has 1 aromatic carbocycles. The van der Waals surface area contributed by atoms with Gasteiger partial charge in [0.2, 0.25) is 11.8 Å². The van der Waals surface area contributed by atoms with Crippen molar-refractivity contribution in [2.75, 3.05) is 5.75 Å². The van der Waals surface area contributed by atoms with Gasteiger partial charge in [0.15, 0.2) is 0 Å². The van der Waals surface area contributed by atoms with E-state index < -0.39 is 23.8 Å². The molecule has 2 N–H and O–H groups in total. The molecule has 33 heavy (non-hydrogen) atoms. The molecular weight excluding hydrogens is 438 g/mol. The lowest BCUT2D eigenvalue weighted by molar-refractivity contribution is -0.143. The number of rotatable bonds is 8. The number of carbonyl (C=O) groups excluding carboxylic acids is 3. The lowest BCUT2D eigenvalue weighted by Gasteiger charge is -2.35. The van der Waals surface area contributed by atoms with E-state index in [9.17, 15) is 14.4 Å². The summed E-state index contributed by atoms with van der Waals surface area (Å²) in [5.74, 6) is -0.373. The van der Waals surface area contributed by atoms with Crippen molar-refractivity contribution in [2.45, 2.75) is 95.5 Å². The summed E-state index contributed by atoms with van der Waals surface area (Å²) in [6, 6.07) is 7.85. The first kappa shape index (κ1) is 25.4. The van der Waals surface area contributed by atoms with Gasteiger partial charge in [-0.3, -0.25) is 9.59 Å². The first-order valence-electron chi connectivity index (χ1n) is 12.0. The maximum Gasteiger partial charge on any atom is 0.408 e. The van der Waals surface area contributed by atoms with Gasteiger partial charge < -0.3 is 20.3 Å². The summed E-state index contributed by atoms with van der Waals surface area (Å²) in [4.78, 5) is 41.3. The van der Waals surface area contributed by atoms with Crippen LogP contribution < -0.4 is 10.6 Å². The van der Waals surface area contributed by atoms with Gasteiger partial charge in [0, 0.05) is 17.8 Å². The number of amides is 3. The molecule has 0 saturated heterocycles. The van der Waals surface area contributed by atoms with Crippen LogP contribution in [0.25, 0.3) is 0 Å². The Morgan fingerprint density at radius 1 is 1.06 bits per heavy atom. The second-order valence-electron chi connectivity index (χ2n) is 10.0. The summed E-state index contributed by atoms with van der Waals surface area (Å²) in [5.41, 5.74) is 0.0814. The lowest BCUT2D eigenvalue weighted by atomic mass is 9.94. The van der Waals surface area contributed by atoms with Crippen molar-refractivity contribution in [2.24, 2.45) is 0 Å². The zero-order valence-electron chi connectivity index (χ0n) is 19.9. The van der Waals surface area contributed by atoms with Crippen molar-refractivity contribution >= 4 is 30.5 Å².